The molecule has 0 saturated carbocycles. The van der Waals surface area contributed by atoms with Crippen LogP contribution in [0.3, 0.4) is 0 Å². The van der Waals surface area contributed by atoms with Gasteiger partial charge in [-0.3, -0.25) is 0 Å². The molecule has 98 valence electrons. The first-order valence-corrected chi connectivity index (χ1v) is 6.29. The number of aromatic nitrogens is 4. The van der Waals surface area contributed by atoms with Gasteiger partial charge in [-0.15, -0.1) is 16.4 Å². The van der Waals surface area contributed by atoms with Crippen LogP contribution in [-0.4, -0.2) is 20.4 Å². The summed E-state index contributed by atoms with van der Waals surface area (Å²) in [5.41, 5.74) is 1.38. The second-order valence-electron chi connectivity index (χ2n) is 3.80. The molecule has 0 spiro atoms. The van der Waals surface area contributed by atoms with Crippen molar-refractivity contribution in [1.29, 1.82) is 5.26 Å². The molecule has 2 aromatic heterocycles. The van der Waals surface area contributed by atoms with Crippen molar-refractivity contribution < 1.29 is 8.78 Å². The van der Waals surface area contributed by atoms with Crippen LogP contribution >= 0.6 is 11.3 Å². The molecule has 0 unspecified atom stereocenters. The fourth-order valence-electron chi connectivity index (χ4n) is 1.63. The zero-order valence-electron chi connectivity index (χ0n) is 9.76. The minimum atomic E-state index is -0.932. The van der Waals surface area contributed by atoms with Crippen LogP contribution in [0.25, 0.3) is 22.0 Å². The number of nitrogens with zero attached hydrogens (tertiary/aromatic N) is 4. The van der Waals surface area contributed by atoms with E-state index >= 15 is 0 Å². The van der Waals surface area contributed by atoms with E-state index in [4.69, 9.17) is 5.26 Å². The third kappa shape index (κ3) is 2.04. The average molecular weight is 289 g/mol. The Balaban J connectivity index is 2.02. The Bertz CT molecular complexity index is 817. The quantitative estimate of drug-likeness (QED) is 0.786. The fraction of sp³-hybridized carbons (Fsp3) is 0. The van der Waals surface area contributed by atoms with Gasteiger partial charge in [-0.05, 0) is 18.2 Å². The SMILES string of the molecule is N#Cc1n[nH]nc1-c1csc(-c2ccc(F)c(F)c2)n1. The predicted molar refractivity (Wildman–Crippen MR) is 67.6 cm³/mol. The Hall–Kier alpha value is -2.66. The van der Waals surface area contributed by atoms with E-state index in [1.54, 1.807) is 5.38 Å². The Kier molecular flexibility index (Phi) is 2.96. The van der Waals surface area contributed by atoms with Crippen LogP contribution in [0.5, 0.6) is 0 Å². The highest BCUT2D eigenvalue weighted by Crippen LogP contribution is 2.29. The van der Waals surface area contributed by atoms with Gasteiger partial charge in [-0.2, -0.15) is 15.6 Å². The number of H-pyrrole nitrogens is 1. The van der Waals surface area contributed by atoms with Crippen molar-refractivity contribution in [3.63, 3.8) is 0 Å². The number of thiazole rings is 1. The van der Waals surface area contributed by atoms with E-state index in [0.717, 1.165) is 12.1 Å². The number of nitriles is 1. The smallest absolute Gasteiger partial charge is 0.192 e. The molecular formula is C12H5F2N5S. The van der Waals surface area contributed by atoms with Crippen LogP contribution in [0.15, 0.2) is 23.6 Å². The maximum Gasteiger partial charge on any atom is 0.192 e. The lowest BCUT2D eigenvalue weighted by molar-refractivity contribution is 0.509. The first kappa shape index (κ1) is 12.4. The van der Waals surface area contributed by atoms with Crippen LogP contribution in [0, 0.1) is 23.0 Å². The lowest BCUT2D eigenvalue weighted by atomic mass is 10.2. The summed E-state index contributed by atoms with van der Waals surface area (Å²) in [6.45, 7) is 0. The number of nitrogens with one attached hydrogen (secondary N) is 1. The first-order valence-electron chi connectivity index (χ1n) is 5.41. The standard InChI is InChI=1S/C12H5F2N5S/c13-7-2-1-6(3-8(7)14)12-16-10(5-20-12)11-9(4-15)17-19-18-11/h1-3,5H,(H,17,18,19). The fourth-order valence-corrected chi connectivity index (χ4v) is 2.43. The number of hydrogen-bond donors (Lipinski definition) is 1. The summed E-state index contributed by atoms with van der Waals surface area (Å²) in [6, 6.07) is 5.45. The molecule has 0 radical (unpaired) electrons. The molecule has 3 aromatic rings. The van der Waals surface area contributed by atoms with E-state index in [9.17, 15) is 8.78 Å². The molecule has 8 heteroatoms. The lowest BCUT2D eigenvalue weighted by Gasteiger charge is -1.97. The summed E-state index contributed by atoms with van der Waals surface area (Å²) in [7, 11) is 0. The van der Waals surface area contributed by atoms with Crippen LogP contribution in [0.2, 0.25) is 0 Å². The number of aromatic amines is 1. The van der Waals surface area contributed by atoms with Crippen molar-refractivity contribution >= 4 is 11.3 Å². The maximum absolute atomic E-state index is 13.2. The molecule has 0 aliphatic heterocycles. The van der Waals surface area contributed by atoms with Crippen LogP contribution in [0.1, 0.15) is 5.69 Å². The van der Waals surface area contributed by atoms with Crippen molar-refractivity contribution in [3.8, 4) is 28.0 Å². The average Bonchev–Trinajstić information content (AvgIpc) is 3.09. The van der Waals surface area contributed by atoms with E-state index in [2.05, 4.69) is 20.4 Å². The molecule has 0 bridgehead atoms. The number of halogens is 2. The third-order valence-electron chi connectivity index (χ3n) is 2.57. The van der Waals surface area contributed by atoms with Gasteiger partial charge < -0.3 is 0 Å². The zero-order chi connectivity index (χ0) is 14.1. The van der Waals surface area contributed by atoms with Gasteiger partial charge in [0.05, 0.1) is 0 Å². The van der Waals surface area contributed by atoms with Gasteiger partial charge in [0.25, 0.3) is 0 Å². The van der Waals surface area contributed by atoms with Crippen molar-refractivity contribution in [1.82, 2.24) is 20.4 Å². The van der Waals surface area contributed by atoms with Gasteiger partial charge in [-0.25, -0.2) is 13.8 Å². The summed E-state index contributed by atoms with van der Waals surface area (Å²) in [4.78, 5) is 4.26. The number of benzene rings is 1. The minimum Gasteiger partial charge on any atom is -0.234 e. The highest BCUT2D eigenvalue weighted by atomic mass is 32.1. The van der Waals surface area contributed by atoms with Crippen molar-refractivity contribution in [2.75, 3.05) is 0 Å². The Morgan fingerprint density at radius 2 is 2.05 bits per heavy atom. The highest BCUT2D eigenvalue weighted by molar-refractivity contribution is 7.13. The molecule has 0 amide bonds. The van der Waals surface area contributed by atoms with E-state index in [0.29, 0.717) is 22.0 Å². The van der Waals surface area contributed by atoms with E-state index in [-0.39, 0.29) is 5.69 Å². The summed E-state index contributed by atoms with van der Waals surface area (Å²) in [5.74, 6) is -1.84. The van der Waals surface area contributed by atoms with Gasteiger partial charge in [-0.1, -0.05) is 0 Å². The molecule has 5 nitrogen and oxygen atoms in total. The molecule has 2 heterocycles. The molecule has 20 heavy (non-hydrogen) atoms. The Morgan fingerprint density at radius 1 is 1.20 bits per heavy atom. The largest absolute Gasteiger partial charge is 0.234 e. The van der Waals surface area contributed by atoms with Crippen LogP contribution in [0.4, 0.5) is 8.78 Å². The molecule has 0 fully saturated rings. The predicted octanol–water partition coefficient (Wildman–Crippen LogP) is 2.75. The van der Waals surface area contributed by atoms with Crippen LogP contribution < -0.4 is 0 Å². The van der Waals surface area contributed by atoms with Gasteiger partial charge in [0, 0.05) is 10.9 Å². The molecular weight excluding hydrogens is 284 g/mol. The van der Waals surface area contributed by atoms with Crippen LogP contribution in [-0.2, 0) is 0 Å². The van der Waals surface area contributed by atoms with Gasteiger partial charge in [0.1, 0.15) is 22.5 Å². The molecule has 0 aliphatic carbocycles. The monoisotopic (exact) mass is 289 g/mol. The summed E-state index contributed by atoms with van der Waals surface area (Å²) < 4.78 is 26.1. The second kappa shape index (κ2) is 4.79. The summed E-state index contributed by atoms with van der Waals surface area (Å²) >= 11 is 1.24. The van der Waals surface area contributed by atoms with Crippen molar-refractivity contribution in [3.05, 3.63) is 40.9 Å². The topological polar surface area (TPSA) is 78.2 Å². The van der Waals surface area contributed by atoms with Gasteiger partial charge >= 0.3 is 0 Å². The molecule has 0 atom stereocenters. The van der Waals surface area contributed by atoms with Gasteiger partial charge in [0.15, 0.2) is 17.3 Å². The molecule has 1 N–H and O–H groups in total. The molecule has 0 aliphatic rings. The normalized spacial score (nSPS) is 10.4. The number of hydrogen-bond acceptors (Lipinski definition) is 5. The van der Waals surface area contributed by atoms with E-state index in [1.807, 2.05) is 6.07 Å². The summed E-state index contributed by atoms with van der Waals surface area (Å²) in [5, 5.41) is 20.9. The third-order valence-corrected chi connectivity index (χ3v) is 3.46. The highest BCUT2D eigenvalue weighted by Gasteiger charge is 2.15. The molecule has 3 rings (SSSR count). The Labute approximate surface area is 115 Å². The minimum absolute atomic E-state index is 0.132. The zero-order valence-corrected chi connectivity index (χ0v) is 10.6. The van der Waals surface area contributed by atoms with Crippen molar-refractivity contribution in [2.45, 2.75) is 0 Å². The first-order chi connectivity index (χ1) is 9.69. The Morgan fingerprint density at radius 3 is 2.80 bits per heavy atom. The maximum atomic E-state index is 13.2. The van der Waals surface area contributed by atoms with E-state index in [1.165, 1.54) is 17.4 Å². The molecule has 1 aromatic carbocycles. The lowest BCUT2D eigenvalue weighted by Crippen LogP contribution is -1.86. The second-order valence-corrected chi connectivity index (χ2v) is 4.66. The van der Waals surface area contributed by atoms with Crippen molar-refractivity contribution in [2.24, 2.45) is 0 Å². The van der Waals surface area contributed by atoms with E-state index < -0.39 is 11.6 Å². The van der Waals surface area contributed by atoms with Gasteiger partial charge in [0.2, 0.25) is 0 Å². The number of rotatable bonds is 2. The molecule has 0 saturated heterocycles. The summed E-state index contributed by atoms with van der Waals surface area (Å²) in [6.07, 6.45) is 0.